The summed E-state index contributed by atoms with van der Waals surface area (Å²) in [6.45, 7) is 8.08. The van der Waals surface area contributed by atoms with Crippen molar-refractivity contribution in [3.63, 3.8) is 0 Å². The summed E-state index contributed by atoms with van der Waals surface area (Å²) < 4.78 is 0. The van der Waals surface area contributed by atoms with E-state index in [1.165, 1.54) is 0 Å². The molecule has 5 nitrogen and oxygen atoms in total. The molecule has 0 bridgehead atoms. The Labute approximate surface area is 179 Å². The van der Waals surface area contributed by atoms with Crippen LogP contribution in [0, 0.1) is 13.8 Å². The Bertz CT molecular complexity index is 730. The van der Waals surface area contributed by atoms with Crippen molar-refractivity contribution in [2.24, 2.45) is 0 Å². The predicted molar refractivity (Wildman–Crippen MR) is 123 cm³/mol. The highest BCUT2D eigenvalue weighted by molar-refractivity contribution is 7.80. The van der Waals surface area contributed by atoms with Crippen molar-refractivity contribution in [2.45, 2.75) is 76.7 Å². The number of nitrogens with zero attached hydrogens (tertiary/aromatic N) is 3. The Morgan fingerprint density at radius 3 is 1.79 bits per heavy atom. The van der Waals surface area contributed by atoms with E-state index in [1.54, 1.807) is 0 Å². The van der Waals surface area contributed by atoms with Crippen molar-refractivity contribution >= 4 is 36.9 Å². The minimum Gasteiger partial charge on any atom is -0.507 e. The average Bonchev–Trinajstić information content (AvgIpc) is 2.67. The first-order valence-electron chi connectivity index (χ1n) is 10.0. The van der Waals surface area contributed by atoms with Crippen LogP contribution in [0.1, 0.15) is 85.6 Å². The molecule has 7 heteroatoms. The minimum atomic E-state index is -0.0303. The van der Waals surface area contributed by atoms with Gasteiger partial charge in [0.25, 0.3) is 0 Å². The van der Waals surface area contributed by atoms with Crippen LogP contribution in [0.15, 0.2) is 12.1 Å². The van der Waals surface area contributed by atoms with Crippen LogP contribution < -0.4 is 5.32 Å². The number of nitrogens with one attached hydrogen (secondary N) is 1. The second kappa shape index (κ2) is 10.9. The Balaban J connectivity index is 2.35. The van der Waals surface area contributed by atoms with Crippen LogP contribution in [-0.4, -0.2) is 20.1 Å². The van der Waals surface area contributed by atoms with E-state index in [2.05, 4.69) is 34.1 Å². The van der Waals surface area contributed by atoms with Gasteiger partial charge < -0.3 is 10.4 Å². The molecule has 2 atom stereocenters. The van der Waals surface area contributed by atoms with E-state index in [0.717, 1.165) is 55.3 Å². The third kappa shape index (κ3) is 6.27. The van der Waals surface area contributed by atoms with Crippen LogP contribution in [0.2, 0.25) is 0 Å². The van der Waals surface area contributed by atoms with Crippen molar-refractivity contribution in [1.82, 2.24) is 15.0 Å². The first-order chi connectivity index (χ1) is 13.3. The highest BCUT2D eigenvalue weighted by Crippen LogP contribution is 2.30. The number of aromatic nitrogens is 3. The smallest absolute Gasteiger partial charge is 0.230 e. The maximum atomic E-state index is 10.0. The van der Waals surface area contributed by atoms with Crippen LogP contribution >= 0.6 is 25.3 Å². The summed E-state index contributed by atoms with van der Waals surface area (Å²) in [7, 11) is 0. The molecule has 2 unspecified atom stereocenters. The lowest BCUT2D eigenvalue weighted by atomic mass is 10.1. The standard InChI is InChI=1S/C21H32N4OS2/c1-5-7-9-16(27)19-23-20(17(28)10-8-6-2)25-21(24-19)22-15-11-13(3)18(26)14(4)12-15/h11-12,16-17,26-28H,5-10H2,1-4H3,(H,22,23,24,25). The maximum absolute atomic E-state index is 10.0. The second-order valence-corrected chi connectivity index (χ2v) is 8.52. The number of anilines is 2. The lowest BCUT2D eigenvalue weighted by molar-refractivity contribution is 0.467. The van der Waals surface area contributed by atoms with Crippen molar-refractivity contribution in [2.75, 3.05) is 5.32 Å². The van der Waals surface area contributed by atoms with Crippen molar-refractivity contribution in [3.05, 3.63) is 34.9 Å². The number of aryl methyl sites for hydroxylation is 2. The molecule has 2 N–H and O–H groups in total. The highest BCUT2D eigenvalue weighted by atomic mass is 32.1. The van der Waals surface area contributed by atoms with E-state index in [1.807, 2.05) is 26.0 Å². The monoisotopic (exact) mass is 420 g/mol. The van der Waals surface area contributed by atoms with E-state index in [4.69, 9.17) is 25.3 Å². The van der Waals surface area contributed by atoms with Crippen LogP contribution in [0.5, 0.6) is 5.75 Å². The first-order valence-corrected chi connectivity index (χ1v) is 11.1. The van der Waals surface area contributed by atoms with E-state index in [0.29, 0.717) is 23.3 Å². The topological polar surface area (TPSA) is 70.9 Å². The van der Waals surface area contributed by atoms with Gasteiger partial charge in [0.2, 0.25) is 5.95 Å². The van der Waals surface area contributed by atoms with Crippen molar-refractivity contribution in [1.29, 1.82) is 0 Å². The lowest BCUT2D eigenvalue weighted by Gasteiger charge is -2.16. The van der Waals surface area contributed by atoms with E-state index in [-0.39, 0.29) is 10.5 Å². The van der Waals surface area contributed by atoms with Gasteiger partial charge in [0, 0.05) is 5.69 Å². The number of hydrogen-bond donors (Lipinski definition) is 4. The molecule has 0 aliphatic carbocycles. The van der Waals surface area contributed by atoms with Crippen LogP contribution in [0.3, 0.4) is 0 Å². The zero-order valence-electron chi connectivity index (χ0n) is 17.2. The summed E-state index contributed by atoms with van der Waals surface area (Å²) >= 11 is 9.44. The molecule has 2 rings (SSSR count). The number of unbranched alkanes of at least 4 members (excludes halogenated alkanes) is 2. The van der Waals surface area contributed by atoms with Gasteiger partial charge in [-0.1, -0.05) is 39.5 Å². The van der Waals surface area contributed by atoms with E-state index < -0.39 is 0 Å². The normalized spacial score (nSPS) is 13.4. The third-order valence-corrected chi connectivity index (χ3v) is 5.65. The molecule has 0 fully saturated rings. The highest BCUT2D eigenvalue weighted by Gasteiger charge is 2.18. The maximum Gasteiger partial charge on any atom is 0.230 e. The van der Waals surface area contributed by atoms with Gasteiger partial charge in [0.05, 0.1) is 10.5 Å². The predicted octanol–water partition coefficient (Wildman–Crippen LogP) is 6.26. The number of phenolic OH excluding ortho intramolecular Hbond substituents is 1. The number of rotatable bonds is 10. The fourth-order valence-electron chi connectivity index (χ4n) is 2.97. The number of aromatic hydroxyl groups is 1. The van der Waals surface area contributed by atoms with Gasteiger partial charge in [-0.3, -0.25) is 0 Å². The summed E-state index contributed by atoms with van der Waals surface area (Å²) in [4.78, 5) is 13.9. The van der Waals surface area contributed by atoms with Gasteiger partial charge in [0.1, 0.15) is 17.4 Å². The summed E-state index contributed by atoms with van der Waals surface area (Å²) in [6, 6.07) is 3.77. The van der Waals surface area contributed by atoms with Crippen LogP contribution in [0.4, 0.5) is 11.6 Å². The molecule has 1 aromatic carbocycles. The summed E-state index contributed by atoms with van der Waals surface area (Å²) in [5.41, 5.74) is 2.45. The van der Waals surface area contributed by atoms with Crippen molar-refractivity contribution in [3.8, 4) is 5.75 Å². The molecule has 154 valence electrons. The zero-order chi connectivity index (χ0) is 20.7. The van der Waals surface area contributed by atoms with E-state index in [9.17, 15) is 5.11 Å². The SMILES string of the molecule is CCCCC(S)c1nc(Nc2cc(C)c(O)c(C)c2)nc(C(S)CCCC)n1. The summed E-state index contributed by atoms with van der Waals surface area (Å²) in [5, 5.41) is 13.2. The largest absolute Gasteiger partial charge is 0.507 e. The minimum absolute atomic E-state index is 0.0303. The van der Waals surface area contributed by atoms with Crippen LogP contribution in [-0.2, 0) is 0 Å². The van der Waals surface area contributed by atoms with Gasteiger partial charge in [-0.05, 0) is 49.9 Å². The molecule has 0 spiro atoms. The quantitative estimate of drug-likeness (QED) is 0.270. The van der Waals surface area contributed by atoms with Crippen LogP contribution in [0.25, 0.3) is 0 Å². The fourth-order valence-corrected chi connectivity index (χ4v) is 3.57. The number of hydrogen-bond acceptors (Lipinski definition) is 7. The number of benzene rings is 1. The Hall–Kier alpha value is -1.47. The Kier molecular flexibility index (Phi) is 8.89. The van der Waals surface area contributed by atoms with E-state index >= 15 is 0 Å². The van der Waals surface area contributed by atoms with Gasteiger partial charge in [0.15, 0.2) is 0 Å². The molecular formula is C21H32N4OS2. The van der Waals surface area contributed by atoms with Gasteiger partial charge in [-0.2, -0.15) is 35.2 Å². The fraction of sp³-hybridized carbons (Fsp3) is 0.571. The lowest BCUT2D eigenvalue weighted by Crippen LogP contribution is -2.11. The molecule has 1 aromatic heterocycles. The Morgan fingerprint density at radius 1 is 0.893 bits per heavy atom. The number of thiol groups is 2. The van der Waals surface area contributed by atoms with Gasteiger partial charge in [-0.25, -0.2) is 4.98 Å². The molecule has 0 saturated heterocycles. The zero-order valence-corrected chi connectivity index (χ0v) is 19.0. The molecule has 0 aliphatic rings. The molecule has 2 aromatic rings. The average molecular weight is 421 g/mol. The molecule has 0 aliphatic heterocycles. The summed E-state index contributed by atoms with van der Waals surface area (Å²) in [6.07, 6.45) is 6.22. The van der Waals surface area contributed by atoms with Gasteiger partial charge >= 0.3 is 0 Å². The summed E-state index contributed by atoms with van der Waals surface area (Å²) in [5.74, 6) is 2.18. The molecule has 1 heterocycles. The van der Waals surface area contributed by atoms with Crippen molar-refractivity contribution < 1.29 is 5.11 Å². The van der Waals surface area contributed by atoms with Gasteiger partial charge in [-0.15, -0.1) is 0 Å². The molecular weight excluding hydrogens is 388 g/mol. The molecule has 0 radical (unpaired) electrons. The molecule has 0 saturated carbocycles. The number of phenols is 1. The Morgan fingerprint density at radius 2 is 1.36 bits per heavy atom. The second-order valence-electron chi connectivity index (χ2n) is 7.28. The molecule has 28 heavy (non-hydrogen) atoms. The first kappa shape index (κ1) is 22.8. The third-order valence-electron chi connectivity index (χ3n) is 4.68. The molecule has 0 amide bonds.